The number of nitrogens with two attached hydrogens (primary N) is 3. The molecule has 66 valence electrons. The minimum atomic E-state index is -1.50. The fourth-order valence-corrected chi connectivity index (χ4v) is 0. The number of urea groups is 1. The first-order chi connectivity index (χ1) is 4.88. The topological polar surface area (TPSA) is 176 Å². The first-order valence-electron chi connectivity index (χ1n) is 1.92. The molecule has 0 aromatic rings. The molecule has 0 spiro atoms. The van der Waals surface area contributed by atoms with E-state index < -0.39 is 11.1 Å². The van der Waals surface area contributed by atoms with E-state index in [1.165, 1.54) is 0 Å². The summed E-state index contributed by atoms with van der Waals surface area (Å²) in [5.41, 5.74) is 12.7. The third-order valence-corrected chi connectivity index (χ3v) is 0. The Labute approximate surface area is 60.9 Å². The van der Waals surface area contributed by atoms with E-state index >= 15 is 0 Å². The van der Waals surface area contributed by atoms with Crippen LogP contribution in [0, 0.1) is 10.1 Å². The molecule has 0 radical (unpaired) electrons. The van der Waals surface area contributed by atoms with Crippen LogP contribution < -0.4 is 17.2 Å². The van der Waals surface area contributed by atoms with Gasteiger partial charge in [0.25, 0.3) is 5.09 Å². The van der Waals surface area contributed by atoms with E-state index in [0.717, 1.165) is 0 Å². The zero-order valence-corrected chi connectivity index (χ0v) is 5.34. The molecule has 0 fully saturated rings. The second kappa shape index (κ2) is 15.7. The Hall–Kier alpha value is -2.06. The van der Waals surface area contributed by atoms with Gasteiger partial charge in [0.2, 0.25) is 6.41 Å². The number of rotatable bonds is 0. The summed E-state index contributed by atoms with van der Waals surface area (Å²) in [6.07, 6.45) is 0.250. The molecule has 7 N–H and O–H groups in total. The summed E-state index contributed by atoms with van der Waals surface area (Å²) in [7, 11) is 0. The average molecular weight is 168 g/mol. The molecule has 0 aliphatic carbocycles. The molecule has 0 aromatic heterocycles. The van der Waals surface area contributed by atoms with Gasteiger partial charge in [0.15, 0.2) is 0 Å². The van der Waals surface area contributed by atoms with Gasteiger partial charge in [-0.1, -0.05) is 0 Å². The predicted molar refractivity (Wildman–Crippen MR) is 32.8 cm³/mol. The van der Waals surface area contributed by atoms with Gasteiger partial charge in [-0.05, 0) is 0 Å². The van der Waals surface area contributed by atoms with Gasteiger partial charge >= 0.3 is 6.03 Å². The van der Waals surface area contributed by atoms with Crippen LogP contribution >= 0.6 is 0 Å². The van der Waals surface area contributed by atoms with Gasteiger partial charge in [0.1, 0.15) is 0 Å². The van der Waals surface area contributed by atoms with Crippen LogP contribution in [-0.4, -0.2) is 22.7 Å². The first kappa shape index (κ1) is 16.0. The van der Waals surface area contributed by atoms with Crippen LogP contribution in [0.1, 0.15) is 0 Å². The van der Waals surface area contributed by atoms with E-state index in [-0.39, 0.29) is 6.41 Å². The van der Waals surface area contributed by atoms with Gasteiger partial charge < -0.3 is 22.4 Å². The van der Waals surface area contributed by atoms with Crippen molar-refractivity contribution in [3.05, 3.63) is 10.1 Å². The summed E-state index contributed by atoms with van der Waals surface area (Å²) in [5.74, 6) is 0. The molecule has 0 atom stereocenters. The molecule has 0 bridgehead atoms. The predicted octanol–water partition coefficient (Wildman–Crippen LogP) is -2.22. The SMILES string of the molecule is NC(N)=O.NC=O.O=[N+]([O-])O. The summed E-state index contributed by atoms with van der Waals surface area (Å²) in [6, 6.07) is -0.833. The maximum atomic E-state index is 9.00. The summed E-state index contributed by atoms with van der Waals surface area (Å²) >= 11 is 0. The van der Waals surface area contributed by atoms with Crippen LogP contribution in [0.3, 0.4) is 0 Å². The molecule has 0 aromatic carbocycles. The number of carbonyl (C=O) groups is 2. The summed E-state index contributed by atoms with van der Waals surface area (Å²) in [4.78, 5) is 25.9. The van der Waals surface area contributed by atoms with Gasteiger partial charge in [0.05, 0.1) is 0 Å². The van der Waals surface area contributed by atoms with E-state index in [4.69, 9.17) is 24.9 Å². The summed E-state index contributed by atoms with van der Waals surface area (Å²) < 4.78 is 0. The molecule has 9 heteroatoms. The Morgan fingerprint density at radius 2 is 1.55 bits per heavy atom. The highest BCUT2D eigenvalue weighted by molar-refractivity contribution is 5.69. The lowest BCUT2D eigenvalue weighted by Gasteiger charge is -1.62. The zero-order valence-electron chi connectivity index (χ0n) is 5.34. The second-order valence-corrected chi connectivity index (χ2v) is 0.776. The van der Waals surface area contributed by atoms with Gasteiger partial charge in [-0.15, -0.1) is 10.1 Å². The quantitative estimate of drug-likeness (QED) is 0.181. The van der Waals surface area contributed by atoms with Crippen molar-refractivity contribution in [2.24, 2.45) is 17.2 Å². The van der Waals surface area contributed by atoms with Crippen molar-refractivity contribution < 1.29 is 19.9 Å². The van der Waals surface area contributed by atoms with Gasteiger partial charge in [-0.3, -0.25) is 4.79 Å². The molecular formula is C2H8N4O5. The van der Waals surface area contributed by atoms with Gasteiger partial charge in [0, 0.05) is 0 Å². The fraction of sp³-hybridized carbons (Fsp3) is 0. The van der Waals surface area contributed by atoms with E-state index in [2.05, 4.69) is 17.2 Å². The Balaban J connectivity index is -0.0000000886. The number of hydrogen-bond acceptors (Lipinski definition) is 4. The van der Waals surface area contributed by atoms with E-state index in [1.807, 2.05) is 0 Å². The van der Waals surface area contributed by atoms with Crippen LogP contribution in [-0.2, 0) is 4.79 Å². The van der Waals surface area contributed by atoms with Crippen molar-refractivity contribution in [2.45, 2.75) is 0 Å². The third-order valence-electron chi connectivity index (χ3n) is 0. The highest BCUT2D eigenvalue weighted by atomic mass is 16.9. The Kier molecular flexibility index (Phi) is 22.8. The molecule has 0 saturated carbocycles. The zero-order chi connectivity index (χ0) is 9.86. The Bertz CT molecular complexity index is 104. The largest absolute Gasteiger partial charge is 0.372 e. The van der Waals surface area contributed by atoms with Crippen LogP contribution in [0.4, 0.5) is 4.79 Å². The van der Waals surface area contributed by atoms with Crippen molar-refractivity contribution >= 4 is 12.4 Å². The molecule has 0 aliphatic rings. The number of primary amides is 3. The number of hydrogen-bond donors (Lipinski definition) is 4. The van der Waals surface area contributed by atoms with Gasteiger partial charge in [-0.2, -0.15) is 0 Å². The molecule has 3 amide bonds. The summed E-state index contributed by atoms with van der Waals surface area (Å²) in [6.45, 7) is 0. The smallest absolute Gasteiger partial charge is 0.309 e. The van der Waals surface area contributed by atoms with E-state index in [0.29, 0.717) is 0 Å². The molecule has 11 heavy (non-hydrogen) atoms. The van der Waals surface area contributed by atoms with Crippen LogP contribution in [0.15, 0.2) is 0 Å². The Morgan fingerprint density at radius 3 is 1.55 bits per heavy atom. The monoisotopic (exact) mass is 168 g/mol. The standard InChI is InChI=1S/CH4N2O.CH3NO.HNO3/c2-1(3)4;2-1-3;2-1(3)4/h(H4,2,3,4);1H,(H2,2,3);(H,2,3,4). The lowest BCUT2D eigenvalue weighted by atomic mass is 11.2. The third kappa shape index (κ3) is 66.0. The minimum Gasteiger partial charge on any atom is -0.372 e. The van der Waals surface area contributed by atoms with Crippen LogP contribution in [0.5, 0.6) is 0 Å². The van der Waals surface area contributed by atoms with Gasteiger partial charge in [-0.25, -0.2) is 4.79 Å². The molecule has 0 heterocycles. The van der Waals surface area contributed by atoms with Crippen molar-refractivity contribution in [3.8, 4) is 0 Å². The lowest BCUT2D eigenvalue weighted by Crippen LogP contribution is -2.18. The average Bonchev–Trinajstić information content (AvgIpc) is 1.60. The van der Waals surface area contributed by atoms with Crippen LogP contribution in [0.2, 0.25) is 0 Å². The van der Waals surface area contributed by atoms with Crippen molar-refractivity contribution in [3.63, 3.8) is 0 Å². The first-order valence-corrected chi connectivity index (χ1v) is 1.92. The number of amides is 3. The maximum absolute atomic E-state index is 9.00. The van der Waals surface area contributed by atoms with Crippen molar-refractivity contribution in [1.82, 2.24) is 0 Å². The number of carbonyl (C=O) groups excluding carboxylic acids is 2. The normalized spacial score (nSPS) is 5.45. The molecule has 0 unspecified atom stereocenters. The second-order valence-electron chi connectivity index (χ2n) is 0.776. The van der Waals surface area contributed by atoms with Crippen molar-refractivity contribution in [1.29, 1.82) is 0 Å². The molecule has 0 saturated heterocycles. The van der Waals surface area contributed by atoms with Crippen molar-refractivity contribution in [2.75, 3.05) is 0 Å². The maximum Gasteiger partial charge on any atom is 0.309 e. The molecular weight excluding hydrogens is 160 g/mol. The lowest BCUT2D eigenvalue weighted by molar-refractivity contribution is -0.742. The fourth-order valence-electron chi connectivity index (χ4n) is 0. The van der Waals surface area contributed by atoms with E-state index in [1.54, 1.807) is 0 Å². The molecule has 9 nitrogen and oxygen atoms in total. The molecule has 0 aliphatic heterocycles. The Morgan fingerprint density at radius 1 is 1.55 bits per heavy atom. The highest BCUT2D eigenvalue weighted by Crippen LogP contribution is 1.38. The number of nitrogens with zero attached hydrogens (tertiary/aromatic N) is 1. The highest BCUT2D eigenvalue weighted by Gasteiger charge is 1.65. The minimum absolute atomic E-state index is 0.250. The molecule has 0 rings (SSSR count). The van der Waals surface area contributed by atoms with E-state index in [9.17, 15) is 0 Å². The summed E-state index contributed by atoms with van der Waals surface area (Å²) in [5, 5.41) is 13.6. The van der Waals surface area contributed by atoms with Crippen LogP contribution in [0.25, 0.3) is 0 Å².